The predicted octanol–water partition coefficient (Wildman–Crippen LogP) is 2.17. The van der Waals surface area contributed by atoms with Crippen molar-refractivity contribution in [1.29, 1.82) is 0 Å². The zero-order valence-electron chi connectivity index (χ0n) is 9.63. The molecule has 3 atom stereocenters. The van der Waals surface area contributed by atoms with Crippen LogP contribution in [0.3, 0.4) is 0 Å². The molecule has 0 radical (unpaired) electrons. The van der Waals surface area contributed by atoms with Gasteiger partial charge in [-0.2, -0.15) is 0 Å². The summed E-state index contributed by atoms with van der Waals surface area (Å²) in [5.41, 5.74) is 0. The molecule has 0 amide bonds. The third-order valence-corrected chi connectivity index (χ3v) is 3.21. The Bertz CT molecular complexity index is 147. The summed E-state index contributed by atoms with van der Waals surface area (Å²) in [5.74, 6) is 1.87. The molecule has 2 nitrogen and oxygen atoms in total. The Labute approximate surface area is 88.1 Å². The molecule has 1 aliphatic rings. The fraction of sp³-hybridized carbons (Fsp3) is 1.00. The molecule has 1 aliphatic carbocycles. The first-order chi connectivity index (χ1) is 6.68. The van der Waals surface area contributed by atoms with E-state index in [9.17, 15) is 0 Å². The Morgan fingerprint density at radius 2 is 2.21 bits per heavy atom. The van der Waals surface area contributed by atoms with Gasteiger partial charge in [0.2, 0.25) is 0 Å². The maximum atomic E-state index is 9.07. The van der Waals surface area contributed by atoms with Crippen molar-refractivity contribution in [2.75, 3.05) is 13.1 Å². The molecule has 0 aliphatic heterocycles. The second-order valence-electron chi connectivity index (χ2n) is 4.98. The number of aliphatic hydroxyl groups excluding tert-OH is 1. The maximum Gasteiger partial charge on any atom is 0.0636 e. The summed E-state index contributed by atoms with van der Waals surface area (Å²) in [5, 5.41) is 12.4. The highest BCUT2D eigenvalue weighted by Crippen LogP contribution is 2.30. The third-order valence-electron chi connectivity index (χ3n) is 3.21. The molecular formula is C12H25NO. The number of hydrogen-bond acceptors (Lipinski definition) is 2. The number of rotatable bonds is 5. The molecule has 2 heteroatoms. The van der Waals surface area contributed by atoms with E-state index in [0.717, 1.165) is 24.9 Å². The van der Waals surface area contributed by atoms with Crippen molar-refractivity contribution in [1.82, 2.24) is 5.32 Å². The van der Waals surface area contributed by atoms with Gasteiger partial charge in [-0.25, -0.2) is 0 Å². The summed E-state index contributed by atoms with van der Waals surface area (Å²) < 4.78 is 0. The highest BCUT2D eigenvalue weighted by atomic mass is 16.3. The van der Waals surface area contributed by atoms with Crippen LogP contribution in [0, 0.1) is 11.8 Å². The molecule has 2 N–H and O–H groups in total. The highest BCUT2D eigenvalue weighted by molar-refractivity contribution is 4.71. The lowest BCUT2D eigenvalue weighted by Gasteiger charge is -2.26. The van der Waals surface area contributed by atoms with Gasteiger partial charge in [0.25, 0.3) is 0 Å². The fourth-order valence-corrected chi connectivity index (χ4v) is 2.44. The first-order valence-electron chi connectivity index (χ1n) is 6.07. The fourth-order valence-electron chi connectivity index (χ4n) is 2.44. The topological polar surface area (TPSA) is 32.3 Å². The summed E-state index contributed by atoms with van der Waals surface area (Å²) in [6, 6.07) is 0. The zero-order chi connectivity index (χ0) is 10.4. The summed E-state index contributed by atoms with van der Waals surface area (Å²) in [7, 11) is 0. The Hall–Kier alpha value is -0.0800. The minimum absolute atomic E-state index is 0.208. The van der Waals surface area contributed by atoms with E-state index in [2.05, 4.69) is 12.2 Å². The maximum absolute atomic E-state index is 9.07. The van der Waals surface area contributed by atoms with E-state index >= 15 is 0 Å². The predicted molar refractivity (Wildman–Crippen MR) is 60.3 cm³/mol. The largest absolute Gasteiger partial charge is 0.392 e. The normalized spacial score (nSPS) is 30.2. The van der Waals surface area contributed by atoms with Crippen LogP contribution in [0.25, 0.3) is 0 Å². The van der Waals surface area contributed by atoms with Gasteiger partial charge in [0.15, 0.2) is 0 Å². The quantitative estimate of drug-likeness (QED) is 0.665. The molecule has 1 fully saturated rings. The van der Waals surface area contributed by atoms with Crippen LogP contribution in [0.5, 0.6) is 0 Å². The minimum atomic E-state index is -0.208. The smallest absolute Gasteiger partial charge is 0.0636 e. The van der Waals surface area contributed by atoms with E-state index in [4.69, 9.17) is 5.11 Å². The van der Waals surface area contributed by atoms with Gasteiger partial charge in [0.05, 0.1) is 6.10 Å². The molecule has 0 spiro atoms. The van der Waals surface area contributed by atoms with Crippen LogP contribution in [0.15, 0.2) is 0 Å². The lowest BCUT2D eigenvalue weighted by atomic mass is 9.81. The van der Waals surface area contributed by atoms with Crippen LogP contribution in [0.4, 0.5) is 0 Å². The van der Waals surface area contributed by atoms with E-state index in [1.165, 1.54) is 32.1 Å². The Kier molecular flexibility index (Phi) is 5.49. The van der Waals surface area contributed by atoms with Gasteiger partial charge in [0, 0.05) is 6.54 Å². The summed E-state index contributed by atoms with van der Waals surface area (Å²) in [4.78, 5) is 0. The van der Waals surface area contributed by atoms with Crippen LogP contribution in [0.1, 0.15) is 46.0 Å². The average Bonchev–Trinajstić information content (AvgIpc) is 2.12. The molecule has 0 aromatic rings. The first kappa shape index (κ1) is 12.0. The highest BCUT2D eigenvalue weighted by Gasteiger charge is 2.17. The van der Waals surface area contributed by atoms with Gasteiger partial charge in [-0.3, -0.25) is 0 Å². The third kappa shape index (κ3) is 4.97. The second kappa shape index (κ2) is 6.41. The van der Waals surface area contributed by atoms with E-state index in [1.807, 2.05) is 6.92 Å². The molecule has 0 saturated heterocycles. The first-order valence-corrected chi connectivity index (χ1v) is 6.07. The van der Waals surface area contributed by atoms with Gasteiger partial charge in [-0.1, -0.05) is 26.2 Å². The number of hydrogen-bond donors (Lipinski definition) is 2. The lowest BCUT2D eigenvalue weighted by Crippen LogP contribution is -2.27. The summed E-state index contributed by atoms with van der Waals surface area (Å²) in [6.07, 6.45) is 6.76. The van der Waals surface area contributed by atoms with E-state index in [1.54, 1.807) is 0 Å². The number of nitrogens with one attached hydrogen (secondary N) is 1. The van der Waals surface area contributed by atoms with Crippen molar-refractivity contribution >= 4 is 0 Å². The zero-order valence-corrected chi connectivity index (χ0v) is 9.63. The number of aliphatic hydroxyl groups is 1. The Morgan fingerprint density at radius 1 is 1.43 bits per heavy atom. The van der Waals surface area contributed by atoms with Crippen LogP contribution in [-0.4, -0.2) is 24.3 Å². The molecular weight excluding hydrogens is 174 g/mol. The van der Waals surface area contributed by atoms with E-state index < -0.39 is 0 Å². The molecule has 1 rings (SSSR count). The standard InChI is InChI=1S/C12H25NO/c1-10-4-3-5-12(8-10)6-7-13-9-11(2)14/h10-14H,3-9H2,1-2H3. The molecule has 0 aromatic carbocycles. The van der Waals surface area contributed by atoms with Crippen molar-refractivity contribution in [3.05, 3.63) is 0 Å². The van der Waals surface area contributed by atoms with Crippen molar-refractivity contribution in [3.63, 3.8) is 0 Å². The van der Waals surface area contributed by atoms with Crippen LogP contribution in [-0.2, 0) is 0 Å². The van der Waals surface area contributed by atoms with Crippen LogP contribution >= 0.6 is 0 Å². The Balaban J connectivity index is 2.00. The molecule has 3 unspecified atom stereocenters. The molecule has 0 aromatic heterocycles. The minimum Gasteiger partial charge on any atom is -0.392 e. The molecule has 84 valence electrons. The van der Waals surface area contributed by atoms with Gasteiger partial charge in [0.1, 0.15) is 0 Å². The lowest BCUT2D eigenvalue weighted by molar-refractivity contribution is 0.188. The monoisotopic (exact) mass is 199 g/mol. The van der Waals surface area contributed by atoms with Gasteiger partial charge >= 0.3 is 0 Å². The molecule has 1 saturated carbocycles. The van der Waals surface area contributed by atoms with Gasteiger partial charge < -0.3 is 10.4 Å². The van der Waals surface area contributed by atoms with Crippen LogP contribution < -0.4 is 5.32 Å². The van der Waals surface area contributed by atoms with Crippen molar-refractivity contribution in [2.45, 2.75) is 52.1 Å². The van der Waals surface area contributed by atoms with Crippen molar-refractivity contribution in [3.8, 4) is 0 Å². The summed E-state index contributed by atoms with van der Waals surface area (Å²) in [6.45, 7) is 6.01. The second-order valence-corrected chi connectivity index (χ2v) is 4.98. The average molecular weight is 199 g/mol. The molecule has 14 heavy (non-hydrogen) atoms. The van der Waals surface area contributed by atoms with Gasteiger partial charge in [-0.15, -0.1) is 0 Å². The molecule has 0 heterocycles. The molecule has 0 bridgehead atoms. The van der Waals surface area contributed by atoms with Gasteiger partial charge in [-0.05, 0) is 38.1 Å². The SMILES string of the molecule is CC(O)CNCCC1CCCC(C)C1. The van der Waals surface area contributed by atoms with E-state index in [0.29, 0.717) is 0 Å². The summed E-state index contributed by atoms with van der Waals surface area (Å²) >= 11 is 0. The Morgan fingerprint density at radius 3 is 2.86 bits per heavy atom. The van der Waals surface area contributed by atoms with E-state index in [-0.39, 0.29) is 6.10 Å². The van der Waals surface area contributed by atoms with Crippen molar-refractivity contribution < 1.29 is 5.11 Å². The van der Waals surface area contributed by atoms with Crippen LogP contribution in [0.2, 0.25) is 0 Å². The van der Waals surface area contributed by atoms with Crippen molar-refractivity contribution in [2.24, 2.45) is 11.8 Å².